The SMILES string of the molecule is Cc1ccccc1N(c1ccc2cc3c(cc2c1)oc1ccc2oc4cc5cc(N(c6ccccc6C)c6ccccc6C(C)(C)C)ccc5cc4c2c13)c1ccccc1C(C)(C)C. The molecule has 0 amide bonds. The molecule has 0 aliphatic carbocycles. The van der Waals surface area contributed by atoms with Gasteiger partial charge in [-0.25, -0.2) is 0 Å². The second-order valence-electron chi connectivity index (χ2n) is 19.6. The van der Waals surface area contributed by atoms with Crippen LogP contribution in [0.4, 0.5) is 34.1 Å². The van der Waals surface area contributed by atoms with Crippen molar-refractivity contribution in [3.8, 4) is 0 Å². The van der Waals surface area contributed by atoms with Gasteiger partial charge < -0.3 is 18.6 Å². The highest BCUT2D eigenvalue weighted by atomic mass is 16.3. The predicted octanol–water partition coefficient (Wildman–Crippen LogP) is 17.9. The molecule has 0 spiro atoms. The van der Waals surface area contributed by atoms with Crippen LogP contribution in [0.3, 0.4) is 0 Å². The molecule has 0 aliphatic rings. The Kier molecular flexibility index (Phi) is 9.04. The van der Waals surface area contributed by atoms with Gasteiger partial charge >= 0.3 is 0 Å². The topological polar surface area (TPSA) is 32.8 Å². The molecule has 2 aromatic heterocycles. The van der Waals surface area contributed by atoms with Gasteiger partial charge in [-0.05, 0) is 153 Å². The smallest absolute Gasteiger partial charge is 0.136 e. The molecule has 4 heteroatoms. The van der Waals surface area contributed by atoms with Gasteiger partial charge in [0.15, 0.2) is 0 Å². The van der Waals surface area contributed by atoms with Crippen LogP contribution < -0.4 is 9.80 Å². The normalized spacial score (nSPS) is 12.4. The summed E-state index contributed by atoms with van der Waals surface area (Å²) in [7, 11) is 0. The van der Waals surface area contributed by atoms with Crippen molar-refractivity contribution >= 4 is 99.5 Å². The van der Waals surface area contributed by atoms with Crippen molar-refractivity contribution in [1.29, 1.82) is 0 Å². The Morgan fingerprint density at radius 1 is 0.344 bits per heavy atom. The van der Waals surface area contributed by atoms with Crippen LogP contribution in [0, 0.1) is 13.8 Å². The maximum Gasteiger partial charge on any atom is 0.136 e. The number of furan rings is 2. The average molecular weight is 833 g/mol. The van der Waals surface area contributed by atoms with Gasteiger partial charge in [0.2, 0.25) is 0 Å². The second kappa shape index (κ2) is 14.6. The van der Waals surface area contributed by atoms with Crippen LogP contribution in [0.5, 0.6) is 0 Å². The van der Waals surface area contributed by atoms with Crippen molar-refractivity contribution in [2.75, 3.05) is 9.80 Å². The van der Waals surface area contributed by atoms with E-state index < -0.39 is 0 Å². The van der Waals surface area contributed by atoms with Gasteiger partial charge in [-0.2, -0.15) is 0 Å². The molecule has 4 nitrogen and oxygen atoms in total. The van der Waals surface area contributed by atoms with E-state index in [1.54, 1.807) is 0 Å². The molecule has 0 aliphatic heterocycles. The standard InChI is InChI=1S/C60H52N2O2/c1-37-17-9-13-21-49(37)61(51-23-15-11-19-47(51)59(3,4)5)43-27-25-39-33-45-55(35-41(39)31-43)63-53-29-30-54-58(57(45)53)46-34-40-26-28-44(32-42(40)36-56(46)64-54)62(50-22-14-10-18-38(50)2)52-24-16-12-20-48(52)60(6,7)8/h9-36H,1-8H3. The lowest BCUT2D eigenvalue weighted by atomic mass is 9.85. The minimum Gasteiger partial charge on any atom is -0.456 e. The van der Waals surface area contributed by atoms with E-state index in [2.05, 4.69) is 235 Å². The number of anilines is 6. The van der Waals surface area contributed by atoms with Crippen LogP contribution in [0.25, 0.3) is 65.4 Å². The molecular weight excluding hydrogens is 781 g/mol. The summed E-state index contributed by atoms with van der Waals surface area (Å²) >= 11 is 0. The Morgan fingerprint density at radius 2 is 0.719 bits per heavy atom. The molecule has 2 heterocycles. The molecule has 0 fully saturated rings. The Labute approximate surface area is 375 Å². The summed E-state index contributed by atoms with van der Waals surface area (Å²) in [6.07, 6.45) is 0. The highest BCUT2D eigenvalue weighted by molar-refractivity contribution is 6.28. The monoisotopic (exact) mass is 832 g/mol. The number of nitrogens with zero attached hydrogens (tertiary/aromatic N) is 2. The van der Waals surface area contributed by atoms with E-state index in [-0.39, 0.29) is 10.8 Å². The number of fused-ring (bicyclic) bond motifs is 9. The highest BCUT2D eigenvalue weighted by Crippen LogP contribution is 2.47. The molecule has 11 rings (SSSR count). The summed E-state index contributed by atoms with van der Waals surface area (Å²) in [4.78, 5) is 4.83. The second-order valence-corrected chi connectivity index (χ2v) is 19.6. The van der Waals surface area contributed by atoms with E-state index in [1.807, 2.05) is 0 Å². The predicted molar refractivity (Wildman–Crippen MR) is 272 cm³/mol. The fourth-order valence-corrected chi connectivity index (χ4v) is 9.92. The number of para-hydroxylation sites is 4. The minimum atomic E-state index is -0.0474. The molecule has 0 radical (unpaired) electrons. The van der Waals surface area contributed by atoms with Crippen LogP contribution in [-0.4, -0.2) is 0 Å². The van der Waals surface area contributed by atoms with Crippen molar-refractivity contribution < 1.29 is 8.83 Å². The van der Waals surface area contributed by atoms with Crippen molar-refractivity contribution in [3.63, 3.8) is 0 Å². The fraction of sp³-hybridized carbons (Fsp3) is 0.167. The molecule has 9 aromatic carbocycles. The van der Waals surface area contributed by atoms with Gasteiger partial charge in [0.05, 0.1) is 0 Å². The Bertz CT molecular complexity index is 3390. The molecule has 0 bridgehead atoms. The maximum absolute atomic E-state index is 6.74. The fourth-order valence-electron chi connectivity index (χ4n) is 9.92. The van der Waals surface area contributed by atoms with E-state index in [4.69, 9.17) is 8.83 Å². The number of benzene rings is 9. The third kappa shape index (κ3) is 6.51. The zero-order chi connectivity index (χ0) is 44.1. The zero-order valence-electron chi connectivity index (χ0n) is 37.9. The lowest BCUT2D eigenvalue weighted by Gasteiger charge is -2.33. The first-order chi connectivity index (χ1) is 30.8. The number of aryl methyl sites for hydroxylation is 2. The van der Waals surface area contributed by atoms with Crippen molar-refractivity contribution in [2.45, 2.75) is 66.2 Å². The Morgan fingerprint density at radius 3 is 1.11 bits per heavy atom. The van der Waals surface area contributed by atoms with E-state index in [0.29, 0.717) is 0 Å². The molecule has 0 unspecified atom stereocenters. The first-order valence-electron chi connectivity index (χ1n) is 22.4. The summed E-state index contributed by atoms with van der Waals surface area (Å²) in [5.41, 5.74) is 15.2. The number of rotatable bonds is 6. The lowest BCUT2D eigenvalue weighted by Crippen LogP contribution is -2.19. The van der Waals surface area contributed by atoms with E-state index in [1.165, 1.54) is 33.6 Å². The van der Waals surface area contributed by atoms with Crippen molar-refractivity contribution in [2.24, 2.45) is 0 Å². The van der Waals surface area contributed by atoms with Gasteiger partial charge in [-0.1, -0.05) is 126 Å². The summed E-state index contributed by atoms with van der Waals surface area (Å²) in [6, 6.07) is 61.6. The largest absolute Gasteiger partial charge is 0.456 e. The lowest BCUT2D eigenvalue weighted by molar-refractivity contribution is 0.590. The summed E-state index contributed by atoms with van der Waals surface area (Å²) in [5.74, 6) is 0. The van der Waals surface area contributed by atoms with E-state index in [9.17, 15) is 0 Å². The first kappa shape index (κ1) is 39.5. The van der Waals surface area contributed by atoms with Crippen molar-refractivity contribution in [1.82, 2.24) is 0 Å². The average Bonchev–Trinajstić information content (AvgIpc) is 3.82. The van der Waals surface area contributed by atoms with Crippen LogP contribution in [0.2, 0.25) is 0 Å². The van der Waals surface area contributed by atoms with Gasteiger partial charge in [0.25, 0.3) is 0 Å². The zero-order valence-corrected chi connectivity index (χ0v) is 37.9. The Balaban J connectivity index is 1.06. The highest BCUT2D eigenvalue weighted by Gasteiger charge is 2.26. The number of hydrogen-bond donors (Lipinski definition) is 0. The van der Waals surface area contributed by atoms with Crippen LogP contribution in [-0.2, 0) is 10.8 Å². The minimum absolute atomic E-state index is 0.0474. The molecule has 11 aromatic rings. The third-order valence-electron chi connectivity index (χ3n) is 13.1. The quantitative estimate of drug-likeness (QED) is 0.167. The van der Waals surface area contributed by atoms with E-state index in [0.717, 1.165) is 88.2 Å². The van der Waals surface area contributed by atoms with Gasteiger partial charge in [-0.3, -0.25) is 0 Å². The molecule has 64 heavy (non-hydrogen) atoms. The molecule has 0 saturated heterocycles. The Hall–Kier alpha value is -7.30. The van der Waals surface area contributed by atoms with Gasteiger partial charge in [0, 0.05) is 55.7 Å². The van der Waals surface area contributed by atoms with Crippen LogP contribution in [0.1, 0.15) is 63.8 Å². The van der Waals surface area contributed by atoms with E-state index >= 15 is 0 Å². The summed E-state index contributed by atoms with van der Waals surface area (Å²) in [5, 5.41) is 8.88. The maximum atomic E-state index is 6.74. The summed E-state index contributed by atoms with van der Waals surface area (Å²) < 4.78 is 13.5. The molecule has 314 valence electrons. The molecular formula is C60H52N2O2. The third-order valence-corrected chi connectivity index (χ3v) is 13.1. The first-order valence-corrected chi connectivity index (χ1v) is 22.4. The van der Waals surface area contributed by atoms with Gasteiger partial charge in [0.1, 0.15) is 22.3 Å². The molecule has 0 N–H and O–H groups in total. The van der Waals surface area contributed by atoms with Crippen molar-refractivity contribution in [3.05, 3.63) is 192 Å². The molecule has 0 saturated carbocycles. The van der Waals surface area contributed by atoms with Gasteiger partial charge in [-0.15, -0.1) is 0 Å². The molecule has 0 atom stereocenters. The summed E-state index contributed by atoms with van der Waals surface area (Å²) in [6.45, 7) is 18.1. The van der Waals surface area contributed by atoms with Crippen LogP contribution >= 0.6 is 0 Å². The number of hydrogen-bond acceptors (Lipinski definition) is 4. The van der Waals surface area contributed by atoms with Crippen LogP contribution in [0.15, 0.2) is 179 Å².